The summed E-state index contributed by atoms with van der Waals surface area (Å²) in [4.78, 5) is 13.9. The van der Waals surface area contributed by atoms with Crippen LogP contribution >= 0.6 is 11.8 Å². The maximum atomic E-state index is 13.5. The fourth-order valence-electron chi connectivity index (χ4n) is 3.17. The van der Waals surface area contributed by atoms with Crippen LogP contribution < -0.4 is 5.32 Å². The Morgan fingerprint density at radius 1 is 1.11 bits per heavy atom. The van der Waals surface area contributed by atoms with E-state index in [1.54, 1.807) is 59.8 Å². The quantitative estimate of drug-likeness (QED) is 0.254. The van der Waals surface area contributed by atoms with Gasteiger partial charge in [-0.05, 0) is 70.9 Å². The number of carbonyl (C=O) groups is 1. The average molecular weight is 532 g/mol. The minimum atomic E-state index is -4.58. The van der Waals surface area contributed by atoms with Crippen molar-refractivity contribution in [3.63, 3.8) is 0 Å². The number of rotatable bonds is 9. The van der Waals surface area contributed by atoms with E-state index in [0.29, 0.717) is 15.4 Å². The van der Waals surface area contributed by atoms with Gasteiger partial charge in [-0.15, -0.1) is 0 Å². The first kappa shape index (κ1) is 31.4. The SMILES string of the molecule is C\C=C/C(=C\C(=C\CC)C(F)(F)F)C(S/C(=C\C)C(C)NC(=O)c1cccc(C(F)(F)F)c1)=C(C)C. The molecule has 2 nitrogen and oxygen atoms in total. The lowest BCUT2D eigenvalue weighted by Gasteiger charge is -2.21. The predicted octanol–water partition coefficient (Wildman–Crippen LogP) is 9.16. The van der Waals surface area contributed by atoms with Crippen LogP contribution in [0.15, 0.2) is 81.2 Å². The van der Waals surface area contributed by atoms with E-state index in [1.165, 1.54) is 17.8 Å². The zero-order valence-electron chi connectivity index (χ0n) is 21.1. The molecule has 0 heterocycles. The minimum absolute atomic E-state index is 0.145. The molecule has 1 amide bonds. The average Bonchev–Trinajstić information content (AvgIpc) is 2.77. The van der Waals surface area contributed by atoms with Crippen LogP contribution in [0.1, 0.15) is 63.9 Å². The molecule has 1 unspecified atom stereocenters. The first-order chi connectivity index (χ1) is 16.6. The van der Waals surface area contributed by atoms with Crippen LogP contribution in [0.2, 0.25) is 0 Å². The molecule has 0 aliphatic carbocycles. The number of benzene rings is 1. The van der Waals surface area contributed by atoms with E-state index >= 15 is 0 Å². The summed E-state index contributed by atoms with van der Waals surface area (Å²) in [6, 6.07) is 3.48. The lowest BCUT2D eigenvalue weighted by Crippen LogP contribution is -2.33. The molecule has 0 saturated carbocycles. The van der Waals surface area contributed by atoms with E-state index in [1.807, 2.05) is 0 Å². The maximum absolute atomic E-state index is 13.5. The summed E-state index contributed by atoms with van der Waals surface area (Å²) in [6.07, 6.45) is -1.73. The summed E-state index contributed by atoms with van der Waals surface area (Å²) >= 11 is 1.20. The third-order valence-corrected chi connectivity index (χ3v) is 6.53. The van der Waals surface area contributed by atoms with Crippen LogP contribution in [0.25, 0.3) is 0 Å². The summed E-state index contributed by atoms with van der Waals surface area (Å²) in [7, 11) is 0. The minimum Gasteiger partial charge on any atom is -0.345 e. The molecule has 198 valence electrons. The Kier molecular flexibility index (Phi) is 11.8. The molecule has 0 aromatic heterocycles. The Morgan fingerprint density at radius 2 is 1.75 bits per heavy atom. The molecule has 0 bridgehead atoms. The second-order valence-electron chi connectivity index (χ2n) is 8.06. The molecule has 0 fully saturated rings. The number of hydrogen-bond donors (Lipinski definition) is 1. The van der Waals surface area contributed by atoms with Crippen LogP contribution in [0.3, 0.4) is 0 Å². The molecule has 0 saturated heterocycles. The standard InChI is InChI=1S/C27H31F6NOS/c1-7-11-19(15-21(12-8-2)26(28,29)30)24(17(4)5)36-23(9-3)18(6)34-25(35)20-13-10-14-22(16-20)27(31,32)33/h7,9-16,18H,8H2,1-6H3,(H,34,35)/b11-7-,19-15+,21-12-,23-9-. The monoisotopic (exact) mass is 531 g/mol. The highest BCUT2D eigenvalue weighted by molar-refractivity contribution is 8.07. The summed E-state index contributed by atoms with van der Waals surface area (Å²) in [5.74, 6) is -0.693. The number of halogens is 6. The summed E-state index contributed by atoms with van der Waals surface area (Å²) < 4.78 is 79.7. The van der Waals surface area contributed by atoms with Crippen molar-refractivity contribution in [1.29, 1.82) is 0 Å². The van der Waals surface area contributed by atoms with Crippen molar-refractivity contribution >= 4 is 17.7 Å². The van der Waals surface area contributed by atoms with E-state index in [0.717, 1.165) is 35.9 Å². The molecule has 0 aliphatic rings. The number of carbonyl (C=O) groups excluding carboxylic acids is 1. The summed E-state index contributed by atoms with van der Waals surface area (Å²) in [5, 5.41) is 2.68. The van der Waals surface area contributed by atoms with Crippen molar-refractivity contribution in [2.24, 2.45) is 0 Å². The predicted molar refractivity (Wildman–Crippen MR) is 135 cm³/mol. The van der Waals surface area contributed by atoms with Gasteiger partial charge in [0.1, 0.15) is 0 Å². The highest BCUT2D eigenvalue weighted by atomic mass is 32.2. The lowest BCUT2D eigenvalue weighted by molar-refractivity contribution is -0.137. The molecule has 0 spiro atoms. The molecular formula is C27H31F6NOS. The molecule has 36 heavy (non-hydrogen) atoms. The number of thioether (sulfide) groups is 1. The van der Waals surface area contributed by atoms with Gasteiger partial charge < -0.3 is 5.32 Å². The lowest BCUT2D eigenvalue weighted by atomic mass is 10.1. The van der Waals surface area contributed by atoms with Crippen LogP contribution in [0.5, 0.6) is 0 Å². The zero-order valence-corrected chi connectivity index (χ0v) is 21.9. The Bertz CT molecular complexity index is 1070. The Balaban J connectivity index is 3.28. The molecule has 1 aromatic carbocycles. The molecule has 1 aromatic rings. The van der Waals surface area contributed by atoms with Crippen molar-refractivity contribution in [3.05, 3.63) is 92.3 Å². The van der Waals surface area contributed by atoms with Crippen molar-refractivity contribution in [2.45, 2.75) is 66.4 Å². The number of hydrogen-bond acceptors (Lipinski definition) is 2. The van der Waals surface area contributed by atoms with Gasteiger partial charge in [-0.1, -0.05) is 54.6 Å². The number of nitrogens with one attached hydrogen (secondary N) is 1. The zero-order chi connectivity index (χ0) is 27.7. The van der Waals surface area contributed by atoms with Gasteiger partial charge in [-0.25, -0.2) is 0 Å². The molecular weight excluding hydrogens is 500 g/mol. The number of amides is 1. The smallest absolute Gasteiger partial charge is 0.345 e. The third-order valence-electron chi connectivity index (χ3n) is 4.86. The van der Waals surface area contributed by atoms with Gasteiger partial charge in [0.25, 0.3) is 5.91 Å². The van der Waals surface area contributed by atoms with Gasteiger partial charge in [0.15, 0.2) is 0 Å². The number of alkyl halides is 6. The normalized spacial score (nSPS) is 14.7. The van der Waals surface area contributed by atoms with Crippen LogP contribution in [0, 0.1) is 0 Å². The van der Waals surface area contributed by atoms with Crippen molar-refractivity contribution in [2.75, 3.05) is 0 Å². The molecule has 1 N–H and O–H groups in total. The Labute approximate surface area is 212 Å². The van der Waals surface area contributed by atoms with Gasteiger partial charge in [-0.3, -0.25) is 4.79 Å². The fourth-order valence-corrected chi connectivity index (χ4v) is 4.20. The van der Waals surface area contributed by atoms with Crippen molar-refractivity contribution in [3.8, 4) is 0 Å². The number of allylic oxidation sites excluding steroid dienone is 8. The van der Waals surface area contributed by atoms with Gasteiger partial charge in [0.2, 0.25) is 0 Å². The first-order valence-corrected chi connectivity index (χ1v) is 12.1. The van der Waals surface area contributed by atoms with Crippen LogP contribution in [-0.2, 0) is 6.18 Å². The second kappa shape index (κ2) is 13.6. The van der Waals surface area contributed by atoms with E-state index in [2.05, 4.69) is 5.32 Å². The van der Waals surface area contributed by atoms with E-state index in [9.17, 15) is 31.1 Å². The third kappa shape index (κ3) is 9.41. The highest BCUT2D eigenvalue weighted by Crippen LogP contribution is 2.38. The Hall–Kier alpha value is -2.68. The van der Waals surface area contributed by atoms with E-state index < -0.39 is 35.4 Å². The van der Waals surface area contributed by atoms with E-state index in [-0.39, 0.29) is 12.0 Å². The second-order valence-corrected chi connectivity index (χ2v) is 9.14. The summed E-state index contributed by atoms with van der Waals surface area (Å²) in [6.45, 7) is 10.2. The summed E-state index contributed by atoms with van der Waals surface area (Å²) in [5.41, 5.74) is -0.718. The molecule has 1 atom stereocenters. The largest absolute Gasteiger partial charge is 0.416 e. The molecule has 1 rings (SSSR count). The Morgan fingerprint density at radius 3 is 2.22 bits per heavy atom. The fraction of sp³-hybridized carbons (Fsp3) is 0.370. The molecule has 9 heteroatoms. The van der Waals surface area contributed by atoms with Gasteiger partial charge in [0.05, 0.1) is 17.2 Å². The van der Waals surface area contributed by atoms with E-state index in [4.69, 9.17) is 0 Å². The first-order valence-electron chi connectivity index (χ1n) is 11.3. The van der Waals surface area contributed by atoms with Crippen LogP contribution in [0.4, 0.5) is 26.3 Å². The van der Waals surface area contributed by atoms with Gasteiger partial charge in [0, 0.05) is 15.4 Å². The topological polar surface area (TPSA) is 29.1 Å². The highest BCUT2D eigenvalue weighted by Gasteiger charge is 2.32. The molecule has 0 aliphatic heterocycles. The van der Waals surface area contributed by atoms with Crippen LogP contribution in [-0.4, -0.2) is 18.1 Å². The molecule has 0 radical (unpaired) electrons. The van der Waals surface area contributed by atoms with Crippen molar-refractivity contribution < 1.29 is 31.1 Å². The maximum Gasteiger partial charge on any atom is 0.416 e. The van der Waals surface area contributed by atoms with Crippen molar-refractivity contribution in [1.82, 2.24) is 5.32 Å². The van der Waals surface area contributed by atoms with Gasteiger partial charge >= 0.3 is 12.4 Å². The van der Waals surface area contributed by atoms with Gasteiger partial charge in [-0.2, -0.15) is 26.3 Å².